The van der Waals surface area contributed by atoms with Crippen LogP contribution in [0.2, 0.25) is 0 Å². The lowest BCUT2D eigenvalue weighted by molar-refractivity contribution is 0.163. The molecule has 0 saturated heterocycles. The van der Waals surface area contributed by atoms with Crippen molar-refractivity contribution in [2.45, 2.75) is 77.7 Å². The minimum absolute atomic E-state index is 0.239. The molecule has 0 aliphatic carbocycles. The second kappa shape index (κ2) is 9.57. The number of rotatable bonds is 10. The van der Waals surface area contributed by atoms with Crippen molar-refractivity contribution >= 4 is 11.3 Å². The highest BCUT2D eigenvalue weighted by Crippen LogP contribution is 2.25. The molecule has 0 saturated carbocycles. The summed E-state index contributed by atoms with van der Waals surface area (Å²) in [5.41, 5.74) is 2.38. The zero-order chi connectivity index (χ0) is 13.2. The summed E-state index contributed by atoms with van der Waals surface area (Å²) in [6.45, 7) is 4.34. The molecule has 0 spiro atoms. The van der Waals surface area contributed by atoms with Gasteiger partial charge in [0.05, 0.1) is 6.10 Å². The summed E-state index contributed by atoms with van der Waals surface area (Å²) in [4.78, 5) is 0. The van der Waals surface area contributed by atoms with Gasteiger partial charge in [-0.3, -0.25) is 0 Å². The van der Waals surface area contributed by atoms with E-state index in [0.29, 0.717) is 0 Å². The Kier molecular flexibility index (Phi) is 8.36. The Hall–Kier alpha value is -0.340. The molecule has 0 aliphatic heterocycles. The van der Waals surface area contributed by atoms with Crippen molar-refractivity contribution in [2.24, 2.45) is 0 Å². The molecular weight excluding hydrogens is 240 g/mol. The average molecular weight is 268 g/mol. The van der Waals surface area contributed by atoms with Crippen LogP contribution in [0.1, 0.15) is 81.9 Å². The fourth-order valence-electron chi connectivity index (χ4n) is 2.34. The number of hydrogen-bond acceptors (Lipinski definition) is 2. The quantitative estimate of drug-likeness (QED) is 0.546. The molecule has 0 radical (unpaired) electrons. The predicted octanol–water partition coefficient (Wildman–Crippen LogP) is 5.62. The number of aliphatic hydroxyl groups is 1. The predicted molar refractivity (Wildman–Crippen MR) is 81.2 cm³/mol. The van der Waals surface area contributed by atoms with Crippen LogP contribution in [0.15, 0.2) is 10.8 Å². The molecule has 1 rings (SSSR count). The normalized spacial score (nSPS) is 12.8. The molecule has 1 nitrogen and oxygen atoms in total. The first-order valence-electron chi connectivity index (χ1n) is 7.46. The molecule has 104 valence electrons. The van der Waals surface area contributed by atoms with E-state index in [1.54, 1.807) is 11.3 Å². The fraction of sp³-hybridized carbons (Fsp3) is 0.750. The van der Waals surface area contributed by atoms with Crippen LogP contribution >= 0.6 is 11.3 Å². The Bertz CT molecular complexity index is 306. The van der Waals surface area contributed by atoms with Crippen LogP contribution in [0.5, 0.6) is 0 Å². The van der Waals surface area contributed by atoms with E-state index in [1.807, 2.05) is 0 Å². The zero-order valence-electron chi connectivity index (χ0n) is 12.0. The van der Waals surface area contributed by atoms with Gasteiger partial charge in [0.15, 0.2) is 0 Å². The molecule has 1 N–H and O–H groups in total. The molecule has 1 aromatic rings. The van der Waals surface area contributed by atoms with Gasteiger partial charge in [-0.05, 0) is 35.2 Å². The smallest absolute Gasteiger partial charge is 0.0800 e. The van der Waals surface area contributed by atoms with Crippen LogP contribution in [0, 0.1) is 6.92 Å². The van der Waals surface area contributed by atoms with Crippen molar-refractivity contribution in [2.75, 3.05) is 0 Å². The maximum atomic E-state index is 10.1. The van der Waals surface area contributed by atoms with Gasteiger partial charge in [-0.2, -0.15) is 11.3 Å². The first-order valence-corrected chi connectivity index (χ1v) is 8.40. The molecule has 2 heteroatoms. The van der Waals surface area contributed by atoms with Crippen LogP contribution in [0.4, 0.5) is 0 Å². The summed E-state index contributed by atoms with van der Waals surface area (Å²) >= 11 is 1.69. The molecule has 1 atom stereocenters. The number of thiophene rings is 1. The highest BCUT2D eigenvalue weighted by Gasteiger charge is 2.10. The van der Waals surface area contributed by atoms with E-state index in [-0.39, 0.29) is 6.10 Å². The third-order valence-corrected chi connectivity index (χ3v) is 4.46. The lowest BCUT2D eigenvalue weighted by atomic mass is 10.0. The number of hydrogen-bond donors (Lipinski definition) is 1. The summed E-state index contributed by atoms with van der Waals surface area (Å²) in [5.74, 6) is 0. The van der Waals surface area contributed by atoms with Gasteiger partial charge in [-0.15, -0.1) is 0 Å². The van der Waals surface area contributed by atoms with E-state index in [9.17, 15) is 5.11 Å². The van der Waals surface area contributed by atoms with Gasteiger partial charge in [0.25, 0.3) is 0 Å². The van der Waals surface area contributed by atoms with Crippen molar-refractivity contribution in [1.29, 1.82) is 0 Å². The molecular formula is C16H28OS. The standard InChI is InChI=1S/C16H28OS/c1-3-4-5-6-7-8-9-10-11-16(17)15-13-18-12-14(15)2/h12-13,16-17H,3-11H2,1-2H3. The minimum atomic E-state index is -0.239. The first kappa shape index (κ1) is 15.7. The highest BCUT2D eigenvalue weighted by atomic mass is 32.1. The maximum Gasteiger partial charge on any atom is 0.0800 e. The second-order valence-electron chi connectivity index (χ2n) is 5.29. The SMILES string of the molecule is CCCCCCCCCCC(O)c1cscc1C. The average Bonchev–Trinajstić information content (AvgIpc) is 2.79. The van der Waals surface area contributed by atoms with Crippen LogP contribution in [0.25, 0.3) is 0 Å². The van der Waals surface area contributed by atoms with E-state index >= 15 is 0 Å². The molecule has 1 heterocycles. The Morgan fingerprint density at radius 1 is 1.00 bits per heavy atom. The Balaban J connectivity index is 1.99. The third-order valence-electron chi connectivity index (χ3n) is 3.59. The number of unbranched alkanes of at least 4 members (excludes halogenated alkanes) is 7. The van der Waals surface area contributed by atoms with Crippen molar-refractivity contribution in [3.05, 3.63) is 21.9 Å². The molecule has 0 aliphatic rings. The molecule has 0 fully saturated rings. The van der Waals surface area contributed by atoms with Gasteiger partial charge in [-0.25, -0.2) is 0 Å². The molecule has 1 unspecified atom stereocenters. The largest absolute Gasteiger partial charge is 0.388 e. The lowest BCUT2D eigenvalue weighted by Crippen LogP contribution is -1.97. The maximum absolute atomic E-state index is 10.1. The van der Waals surface area contributed by atoms with Crippen molar-refractivity contribution in [1.82, 2.24) is 0 Å². The molecule has 0 aromatic carbocycles. The summed E-state index contributed by atoms with van der Waals surface area (Å²) < 4.78 is 0. The van der Waals surface area contributed by atoms with E-state index in [4.69, 9.17) is 0 Å². The lowest BCUT2D eigenvalue weighted by Gasteiger charge is -2.10. The van der Waals surface area contributed by atoms with E-state index in [0.717, 1.165) is 18.4 Å². The van der Waals surface area contributed by atoms with Gasteiger partial charge < -0.3 is 5.11 Å². The van der Waals surface area contributed by atoms with Gasteiger partial charge in [0, 0.05) is 0 Å². The van der Waals surface area contributed by atoms with Gasteiger partial charge in [-0.1, -0.05) is 58.3 Å². The van der Waals surface area contributed by atoms with Crippen molar-refractivity contribution < 1.29 is 5.11 Å². The van der Waals surface area contributed by atoms with E-state index in [1.165, 1.54) is 50.5 Å². The van der Waals surface area contributed by atoms with E-state index < -0.39 is 0 Å². The Morgan fingerprint density at radius 2 is 1.61 bits per heavy atom. The topological polar surface area (TPSA) is 20.2 Å². The summed E-state index contributed by atoms with van der Waals surface area (Å²) in [7, 11) is 0. The molecule has 18 heavy (non-hydrogen) atoms. The molecule has 1 aromatic heterocycles. The number of aryl methyl sites for hydroxylation is 1. The highest BCUT2D eigenvalue weighted by molar-refractivity contribution is 7.08. The Morgan fingerprint density at radius 3 is 2.17 bits per heavy atom. The summed E-state index contributed by atoms with van der Waals surface area (Å²) in [6.07, 6.45) is 11.3. The molecule has 0 bridgehead atoms. The van der Waals surface area contributed by atoms with Crippen molar-refractivity contribution in [3.63, 3.8) is 0 Å². The zero-order valence-corrected chi connectivity index (χ0v) is 12.8. The van der Waals surface area contributed by atoms with E-state index in [2.05, 4.69) is 24.6 Å². The minimum Gasteiger partial charge on any atom is -0.388 e. The van der Waals surface area contributed by atoms with Crippen LogP contribution in [-0.4, -0.2) is 5.11 Å². The van der Waals surface area contributed by atoms with Crippen LogP contribution < -0.4 is 0 Å². The van der Waals surface area contributed by atoms with Crippen LogP contribution in [0.3, 0.4) is 0 Å². The first-order chi connectivity index (χ1) is 8.75. The third kappa shape index (κ3) is 6.01. The Labute approximate surface area is 116 Å². The van der Waals surface area contributed by atoms with Gasteiger partial charge >= 0.3 is 0 Å². The second-order valence-corrected chi connectivity index (χ2v) is 6.03. The molecule has 0 amide bonds. The summed E-state index contributed by atoms with van der Waals surface area (Å²) in [6, 6.07) is 0. The van der Waals surface area contributed by atoms with Crippen molar-refractivity contribution in [3.8, 4) is 0 Å². The van der Waals surface area contributed by atoms with Gasteiger partial charge in [0.1, 0.15) is 0 Å². The van der Waals surface area contributed by atoms with Gasteiger partial charge in [0.2, 0.25) is 0 Å². The van der Waals surface area contributed by atoms with Crippen LogP contribution in [-0.2, 0) is 0 Å². The summed E-state index contributed by atoms with van der Waals surface area (Å²) in [5, 5.41) is 14.3. The monoisotopic (exact) mass is 268 g/mol. The fourth-order valence-corrected chi connectivity index (χ4v) is 3.24. The number of aliphatic hydroxyl groups excluding tert-OH is 1.